The predicted octanol–water partition coefficient (Wildman–Crippen LogP) is 3.28. The molecule has 3 N–H and O–H groups in total. The first-order valence-electron chi connectivity index (χ1n) is 5.16. The van der Waals surface area contributed by atoms with E-state index in [1.54, 1.807) is 30.3 Å². The highest BCUT2D eigenvalue weighted by Gasteiger charge is 2.04. The molecule has 1 aromatic heterocycles. The molecule has 0 fully saturated rings. The van der Waals surface area contributed by atoms with E-state index in [9.17, 15) is 0 Å². The van der Waals surface area contributed by atoms with Gasteiger partial charge in [-0.3, -0.25) is 0 Å². The molecular formula is C12H9Cl2N3O2. The normalized spacial score (nSPS) is 11.4. The molecule has 0 aliphatic carbocycles. The van der Waals surface area contributed by atoms with Gasteiger partial charge in [0.1, 0.15) is 5.75 Å². The van der Waals surface area contributed by atoms with Gasteiger partial charge < -0.3 is 15.7 Å². The standard InChI is InChI=1S/C12H9Cl2N3O2/c13-8-3-9(14)5-10(4-8)19-11-2-1-7(6-16-11)12(15)17-18/h1-6,18H,(H2,15,17). The summed E-state index contributed by atoms with van der Waals surface area (Å²) in [7, 11) is 0. The van der Waals surface area contributed by atoms with Gasteiger partial charge in [-0.1, -0.05) is 28.4 Å². The predicted molar refractivity (Wildman–Crippen MR) is 73.3 cm³/mol. The maximum atomic E-state index is 8.53. The molecule has 0 bridgehead atoms. The highest BCUT2D eigenvalue weighted by atomic mass is 35.5. The largest absolute Gasteiger partial charge is 0.439 e. The average molecular weight is 298 g/mol. The first kappa shape index (κ1) is 13.5. The van der Waals surface area contributed by atoms with Crippen molar-refractivity contribution >= 4 is 29.0 Å². The number of amidine groups is 1. The van der Waals surface area contributed by atoms with E-state index in [2.05, 4.69) is 10.1 Å². The second-order valence-corrected chi connectivity index (χ2v) is 4.45. The van der Waals surface area contributed by atoms with Crippen molar-refractivity contribution in [3.63, 3.8) is 0 Å². The van der Waals surface area contributed by atoms with Crippen LogP contribution < -0.4 is 10.5 Å². The maximum Gasteiger partial charge on any atom is 0.219 e. The number of ether oxygens (including phenoxy) is 1. The van der Waals surface area contributed by atoms with Crippen molar-refractivity contribution in [2.24, 2.45) is 10.9 Å². The Balaban J connectivity index is 2.19. The van der Waals surface area contributed by atoms with Gasteiger partial charge in [-0.2, -0.15) is 0 Å². The van der Waals surface area contributed by atoms with Gasteiger partial charge in [-0.05, 0) is 24.3 Å². The molecule has 19 heavy (non-hydrogen) atoms. The summed E-state index contributed by atoms with van der Waals surface area (Å²) in [4.78, 5) is 4.02. The molecule has 98 valence electrons. The monoisotopic (exact) mass is 297 g/mol. The van der Waals surface area contributed by atoms with E-state index < -0.39 is 0 Å². The van der Waals surface area contributed by atoms with Gasteiger partial charge in [0.05, 0.1) is 0 Å². The summed E-state index contributed by atoms with van der Waals surface area (Å²) in [6, 6.07) is 8.04. The lowest BCUT2D eigenvalue weighted by Gasteiger charge is -2.06. The van der Waals surface area contributed by atoms with Crippen molar-refractivity contribution in [2.75, 3.05) is 0 Å². The number of nitrogens with zero attached hydrogens (tertiary/aromatic N) is 2. The van der Waals surface area contributed by atoms with Crippen molar-refractivity contribution in [3.8, 4) is 11.6 Å². The molecule has 0 saturated heterocycles. The zero-order valence-electron chi connectivity index (χ0n) is 9.55. The number of hydrogen-bond acceptors (Lipinski definition) is 4. The Morgan fingerprint density at radius 3 is 2.42 bits per heavy atom. The van der Waals surface area contributed by atoms with E-state index in [0.29, 0.717) is 27.2 Å². The fraction of sp³-hybridized carbons (Fsp3) is 0. The minimum atomic E-state index is -0.0233. The molecule has 2 aromatic rings. The van der Waals surface area contributed by atoms with Crippen LogP contribution in [0.15, 0.2) is 41.7 Å². The molecule has 0 aliphatic heterocycles. The lowest BCUT2D eigenvalue weighted by Crippen LogP contribution is -2.13. The van der Waals surface area contributed by atoms with E-state index in [4.69, 9.17) is 38.9 Å². The zero-order chi connectivity index (χ0) is 13.8. The van der Waals surface area contributed by atoms with Crippen LogP contribution in [-0.4, -0.2) is 16.0 Å². The summed E-state index contributed by atoms with van der Waals surface area (Å²) < 4.78 is 5.49. The molecule has 0 radical (unpaired) electrons. The summed E-state index contributed by atoms with van der Waals surface area (Å²) in [5, 5.41) is 12.3. The van der Waals surface area contributed by atoms with Crippen LogP contribution in [0.25, 0.3) is 0 Å². The Hall–Kier alpha value is -1.98. The second kappa shape index (κ2) is 5.77. The Morgan fingerprint density at radius 2 is 1.89 bits per heavy atom. The summed E-state index contributed by atoms with van der Waals surface area (Å²) in [6.07, 6.45) is 1.43. The number of pyridine rings is 1. The minimum absolute atomic E-state index is 0.0233. The third-order valence-corrected chi connectivity index (χ3v) is 2.63. The molecule has 1 heterocycles. The van der Waals surface area contributed by atoms with Crippen LogP contribution in [0, 0.1) is 0 Å². The van der Waals surface area contributed by atoms with E-state index in [1.807, 2.05) is 0 Å². The molecule has 2 rings (SSSR count). The smallest absolute Gasteiger partial charge is 0.219 e. The first-order valence-corrected chi connectivity index (χ1v) is 5.92. The van der Waals surface area contributed by atoms with E-state index in [0.717, 1.165) is 0 Å². The molecule has 0 atom stereocenters. The van der Waals surface area contributed by atoms with Gasteiger partial charge in [-0.15, -0.1) is 0 Å². The number of hydrogen-bond donors (Lipinski definition) is 2. The third-order valence-electron chi connectivity index (χ3n) is 2.20. The molecule has 0 aliphatic rings. The van der Waals surface area contributed by atoms with E-state index in [1.165, 1.54) is 6.20 Å². The lowest BCUT2D eigenvalue weighted by molar-refractivity contribution is 0.318. The zero-order valence-corrected chi connectivity index (χ0v) is 11.1. The Bertz CT molecular complexity index is 595. The SMILES string of the molecule is N/C(=N\O)c1ccc(Oc2cc(Cl)cc(Cl)c2)nc1. The third kappa shape index (κ3) is 3.49. The summed E-state index contributed by atoms with van der Waals surface area (Å²) in [6.45, 7) is 0. The summed E-state index contributed by atoms with van der Waals surface area (Å²) in [5.41, 5.74) is 5.91. The van der Waals surface area contributed by atoms with E-state index in [-0.39, 0.29) is 5.84 Å². The summed E-state index contributed by atoms with van der Waals surface area (Å²) >= 11 is 11.7. The van der Waals surface area contributed by atoms with Crippen LogP contribution in [0.3, 0.4) is 0 Å². The fourth-order valence-electron chi connectivity index (χ4n) is 1.36. The number of benzene rings is 1. The number of rotatable bonds is 3. The number of nitrogens with two attached hydrogens (primary N) is 1. The Kier molecular flexibility index (Phi) is 4.09. The molecule has 0 spiro atoms. The van der Waals surface area contributed by atoms with Gasteiger partial charge in [-0.25, -0.2) is 4.98 Å². The topological polar surface area (TPSA) is 80.7 Å². The van der Waals surface area contributed by atoms with Gasteiger partial charge in [0.2, 0.25) is 5.88 Å². The van der Waals surface area contributed by atoms with Crippen molar-refractivity contribution in [3.05, 3.63) is 52.1 Å². The van der Waals surface area contributed by atoms with Crippen LogP contribution in [0.2, 0.25) is 10.0 Å². The van der Waals surface area contributed by atoms with Crippen LogP contribution in [0.5, 0.6) is 11.6 Å². The highest BCUT2D eigenvalue weighted by Crippen LogP contribution is 2.27. The quantitative estimate of drug-likeness (QED) is 0.394. The molecule has 5 nitrogen and oxygen atoms in total. The van der Waals surface area contributed by atoms with Crippen molar-refractivity contribution in [2.45, 2.75) is 0 Å². The first-order chi connectivity index (χ1) is 9.08. The van der Waals surface area contributed by atoms with Crippen molar-refractivity contribution in [1.82, 2.24) is 4.98 Å². The van der Waals surface area contributed by atoms with Gasteiger partial charge >= 0.3 is 0 Å². The number of aromatic nitrogens is 1. The number of halogens is 2. The van der Waals surface area contributed by atoms with Gasteiger partial charge in [0.15, 0.2) is 5.84 Å². The minimum Gasteiger partial charge on any atom is -0.439 e. The van der Waals surface area contributed by atoms with Crippen LogP contribution >= 0.6 is 23.2 Å². The molecule has 0 saturated carbocycles. The number of oxime groups is 1. The van der Waals surface area contributed by atoms with Crippen LogP contribution in [0.4, 0.5) is 0 Å². The fourth-order valence-corrected chi connectivity index (χ4v) is 1.86. The molecule has 0 amide bonds. The van der Waals surface area contributed by atoms with E-state index >= 15 is 0 Å². The van der Waals surface area contributed by atoms with Gasteiger partial charge in [0, 0.05) is 27.9 Å². The molecular weight excluding hydrogens is 289 g/mol. The Morgan fingerprint density at radius 1 is 1.21 bits per heavy atom. The van der Waals surface area contributed by atoms with Crippen LogP contribution in [0.1, 0.15) is 5.56 Å². The maximum absolute atomic E-state index is 8.53. The van der Waals surface area contributed by atoms with Gasteiger partial charge in [0.25, 0.3) is 0 Å². The Labute approximate surface area is 119 Å². The molecule has 0 unspecified atom stereocenters. The van der Waals surface area contributed by atoms with Crippen molar-refractivity contribution in [1.29, 1.82) is 0 Å². The molecule has 1 aromatic carbocycles. The van der Waals surface area contributed by atoms with Crippen molar-refractivity contribution < 1.29 is 9.94 Å². The molecule has 7 heteroatoms. The second-order valence-electron chi connectivity index (χ2n) is 3.58. The highest BCUT2D eigenvalue weighted by molar-refractivity contribution is 6.34. The summed E-state index contributed by atoms with van der Waals surface area (Å²) in [5.74, 6) is 0.791. The van der Waals surface area contributed by atoms with Crippen LogP contribution in [-0.2, 0) is 0 Å². The average Bonchev–Trinajstić information content (AvgIpc) is 2.37. The lowest BCUT2D eigenvalue weighted by atomic mass is 10.3.